The Balaban J connectivity index is 1.79. The largest absolute Gasteiger partial charge is 0.369 e. The van der Waals surface area contributed by atoms with Crippen molar-refractivity contribution in [2.75, 3.05) is 25.1 Å². The van der Waals surface area contributed by atoms with E-state index in [0.29, 0.717) is 44.0 Å². The molecule has 6 heteroatoms. The summed E-state index contributed by atoms with van der Waals surface area (Å²) >= 11 is 0. The van der Waals surface area contributed by atoms with Crippen LogP contribution in [0.15, 0.2) is 24.3 Å². The first-order valence-corrected chi connectivity index (χ1v) is 8.79. The number of hydrogen-bond acceptors (Lipinski definition) is 3. The van der Waals surface area contributed by atoms with Crippen molar-refractivity contribution in [3.63, 3.8) is 0 Å². The molecule has 1 spiro atoms. The van der Waals surface area contributed by atoms with E-state index < -0.39 is 11.6 Å². The SMILES string of the molecule is COC1C(=O)N(c2cccc(F)c2)C12CCN(C(=O)CC(C)C)CC2. The average molecular weight is 348 g/mol. The van der Waals surface area contributed by atoms with Crippen LogP contribution in [0.4, 0.5) is 10.1 Å². The summed E-state index contributed by atoms with van der Waals surface area (Å²) in [4.78, 5) is 28.4. The Hall–Kier alpha value is -1.95. The van der Waals surface area contributed by atoms with Crippen LogP contribution in [0.25, 0.3) is 0 Å². The lowest BCUT2D eigenvalue weighted by Crippen LogP contribution is -2.78. The zero-order chi connectivity index (χ0) is 18.2. The molecule has 1 aromatic rings. The van der Waals surface area contributed by atoms with Gasteiger partial charge < -0.3 is 14.5 Å². The van der Waals surface area contributed by atoms with E-state index in [9.17, 15) is 14.0 Å². The molecule has 2 aliphatic heterocycles. The summed E-state index contributed by atoms with van der Waals surface area (Å²) in [6.07, 6.45) is 1.28. The summed E-state index contributed by atoms with van der Waals surface area (Å²) in [6.45, 7) is 5.23. The summed E-state index contributed by atoms with van der Waals surface area (Å²) in [5, 5.41) is 0. The maximum absolute atomic E-state index is 13.6. The van der Waals surface area contributed by atoms with E-state index in [1.807, 2.05) is 18.7 Å². The second kappa shape index (κ2) is 6.75. The topological polar surface area (TPSA) is 49.9 Å². The second-order valence-corrected chi connectivity index (χ2v) is 7.35. The highest BCUT2D eigenvalue weighted by Crippen LogP contribution is 2.45. The van der Waals surface area contributed by atoms with Crippen LogP contribution in [0.5, 0.6) is 0 Å². The van der Waals surface area contributed by atoms with E-state index >= 15 is 0 Å². The van der Waals surface area contributed by atoms with Crippen molar-refractivity contribution < 1.29 is 18.7 Å². The van der Waals surface area contributed by atoms with Crippen LogP contribution in [-0.4, -0.2) is 48.6 Å². The minimum atomic E-state index is -0.530. The summed E-state index contributed by atoms with van der Waals surface area (Å²) in [6, 6.07) is 6.08. The molecule has 1 unspecified atom stereocenters. The number of methoxy groups -OCH3 is 1. The van der Waals surface area contributed by atoms with E-state index in [0.717, 1.165) is 0 Å². The van der Waals surface area contributed by atoms with Crippen LogP contribution < -0.4 is 4.90 Å². The number of likely N-dealkylation sites (tertiary alicyclic amines) is 1. The van der Waals surface area contributed by atoms with Crippen molar-refractivity contribution in [2.24, 2.45) is 5.92 Å². The fraction of sp³-hybridized carbons (Fsp3) is 0.579. The summed E-state index contributed by atoms with van der Waals surface area (Å²) in [5.41, 5.74) is 0.0640. The van der Waals surface area contributed by atoms with Crippen LogP contribution in [0.2, 0.25) is 0 Å². The number of ether oxygens (including phenoxy) is 1. The Kier molecular flexibility index (Phi) is 4.82. The number of benzene rings is 1. The van der Waals surface area contributed by atoms with E-state index in [4.69, 9.17) is 4.74 Å². The van der Waals surface area contributed by atoms with Crippen LogP contribution in [0, 0.1) is 11.7 Å². The third-order valence-corrected chi connectivity index (χ3v) is 5.25. The second-order valence-electron chi connectivity index (χ2n) is 7.35. The summed E-state index contributed by atoms with van der Waals surface area (Å²) in [5.74, 6) is -0.0353. The highest BCUT2D eigenvalue weighted by atomic mass is 19.1. The minimum Gasteiger partial charge on any atom is -0.369 e. The molecule has 0 N–H and O–H groups in total. The molecular formula is C19H25FN2O3. The number of anilines is 1. The summed E-state index contributed by atoms with van der Waals surface area (Å²) < 4.78 is 19.1. The molecular weight excluding hydrogens is 323 g/mol. The molecule has 2 aliphatic rings. The standard InChI is InChI=1S/C19H25FN2O3/c1-13(2)11-16(23)21-9-7-19(8-10-21)17(25-3)18(24)22(19)15-6-4-5-14(20)12-15/h4-6,12-13,17H,7-11H2,1-3H3. The number of halogens is 1. The van der Waals surface area contributed by atoms with Crippen molar-refractivity contribution >= 4 is 17.5 Å². The summed E-state index contributed by atoms with van der Waals surface area (Å²) in [7, 11) is 1.53. The lowest BCUT2D eigenvalue weighted by molar-refractivity contribution is -0.152. The fourth-order valence-corrected chi connectivity index (χ4v) is 4.04. The van der Waals surface area contributed by atoms with Gasteiger partial charge in [0.1, 0.15) is 5.82 Å². The molecule has 0 aliphatic carbocycles. The highest BCUT2D eigenvalue weighted by Gasteiger charge is 2.62. The lowest BCUT2D eigenvalue weighted by Gasteiger charge is -2.59. The number of hydrogen-bond donors (Lipinski definition) is 0. The average Bonchev–Trinajstić information content (AvgIpc) is 2.55. The Morgan fingerprint density at radius 1 is 1.36 bits per heavy atom. The smallest absolute Gasteiger partial charge is 0.259 e. The third kappa shape index (κ3) is 3.03. The normalized spacial score (nSPS) is 22.4. The Morgan fingerprint density at radius 3 is 2.60 bits per heavy atom. The molecule has 5 nitrogen and oxygen atoms in total. The molecule has 2 amide bonds. The van der Waals surface area contributed by atoms with Gasteiger partial charge in [-0.2, -0.15) is 0 Å². The number of piperidine rings is 1. The number of β-lactam (4-membered cyclic amide) rings is 1. The zero-order valence-corrected chi connectivity index (χ0v) is 15.0. The van der Waals surface area contributed by atoms with Gasteiger partial charge in [-0.25, -0.2) is 4.39 Å². The number of amides is 2. The molecule has 2 fully saturated rings. The minimum absolute atomic E-state index is 0.143. The molecule has 0 aromatic heterocycles. The van der Waals surface area contributed by atoms with E-state index in [1.54, 1.807) is 17.0 Å². The van der Waals surface area contributed by atoms with Crippen LogP contribution in [0.1, 0.15) is 33.1 Å². The van der Waals surface area contributed by atoms with Crippen molar-refractivity contribution in [1.29, 1.82) is 0 Å². The van der Waals surface area contributed by atoms with E-state index in [-0.39, 0.29) is 17.6 Å². The maximum Gasteiger partial charge on any atom is 0.259 e. The van der Waals surface area contributed by atoms with Crippen molar-refractivity contribution in [1.82, 2.24) is 4.90 Å². The molecule has 2 heterocycles. The van der Waals surface area contributed by atoms with Crippen LogP contribution in [0.3, 0.4) is 0 Å². The molecule has 0 radical (unpaired) electrons. The Morgan fingerprint density at radius 2 is 2.04 bits per heavy atom. The van der Waals surface area contributed by atoms with E-state index in [1.165, 1.54) is 19.2 Å². The predicted octanol–water partition coefficient (Wildman–Crippen LogP) is 2.59. The van der Waals surface area contributed by atoms with Gasteiger partial charge >= 0.3 is 0 Å². The van der Waals surface area contributed by atoms with Gasteiger partial charge in [0, 0.05) is 32.3 Å². The molecule has 1 atom stereocenters. The first kappa shape index (κ1) is 17.9. The van der Waals surface area contributed by atoms with Gasteiger partial charge in [-0.05, 0) is 37.0 Å². The van der Waals surface area contributed by atoms with Crippen molar-refractivity contribution in [3.05, 3.63) is 30.1 Å². The van der Waals surface area contributed by atoms with Gasteiger partial charge in [0.2, 0.25) is 5.91 Å². The number of rotatable bonds is 4. The number of carbonyl (C=O) groups excluding carboxylic acids is 2. The molecule has 3 rings (SSSR count). The lowest BCUT2D eigenvalue weighted by atomic mass is 9.72. The highest BCUT2D eigenvalue weighted by molar-refractivity contribution is 6.06. The van der Waals surface area contributed by atoms with Gasteiger partial charge in [0.25, 0.3) is 5.91 Å². The van der Waals surface area contributed by atoms with Crippen LogP contribution in [-0.2, 0) is 14.3 Å². The van der Waals surface area contributed by atoms with Gasteiger partial charge in [-0.15, -0.1) is 0 Å². The maximum atomic E-state index is 13.6. The monoisotopic (exact) mass is 348 g/mol. The Bertz CT molecular complexity index is 668. The molecule has 25 heavy (non-hydrogen) atoms. The molecule has 1 aromatic carbocycles. The molecule has 2 saturated heterocycles. The van der Waals surface area contributed by atoms with E-state index in [2.05, 4.69) is 0 Å². The van der Waals surface area contributed by atoms with Gasteiger partial charge in [-0.3, -0.25) is 9.59 Å². The first-order valence-electron chi connectivity index (χ1n) is 8.79. The van der Waals surface area contributed by atoms with Crippen molar-refractivity contribution in [3.8, 4) is 0 Å². The van der Waals surface area contributed by atoms with Crippen LogP contribution >= 0.6 is 0 Å². The molecule has 0 bridgehead atoms. The predicted molar refractivity (Wildman–Crippen MR) is 92.7 cm³/mol. The Labute approximate surface area is 147 Å². The van der Waals surface area contributed by atoms with Crippen molar-refractivity contribution in [2.45, 2.75) is 44.8 Å². The van der Waals surface area contributed by atoms with Gasteiger partial charge in [0.05, 0.1) is 5.54 Å². The third-order valence-electron chi connectivity index (χ3n) is 5.25. The fourth-order valence-electron chi connectivity index (χ4n) is 4.04. The quantitative estimate of drug-likeness (QED) is 0.786. The molecule has 0 saturated carbocycles. The zero-order valence-electron chi connectivity index (χ0n) is 15.0. The van der Waals surface area contributed by atoms with Gasteiger partial charge in [-0.1, -0.05) is 19.9 Å². The number of carbonyl (C=O) groups is 2. The number of nitrogens with zero attached hydrogens (tertiary/aromatic N) is 2. The molecule has 136 valence electrons. The first-order chi connectivity index (χ1) is 11.9. The van der Waals surface area contributed by atoms with Gasteiger partial charge in [0.15, 0.2) is 6.10 Å².